The molecule has 1 amide bonds. The average molecular weight is 346 g/mol. The number of rotatable bonds is 6. The molecule has 2 heterocycles. The third-order valence-electron chi connectivity index (χ3n) is 4.60. The van der Waals surface area contributed by atoms with Crippen LogP contribution < -0.4 is 5.32 Å². The molecule has 1 saturated heterocycles. The molecule has 2 aromatic rings. The summed E-state index contributed by atoms with van der Waals surface area (Å²) in [5, 5.41) is 7.22. The topological polar surface area (TPSA) is 71.3 Å². The molecular weight excluding hydrogens is 323 g/mol. The summed E-state index contributed by atoms with van der Waals surface area (Å²) in [6, 6.07) is 6.28. The van der Waals surface area contributed by atoms with Gasteiger partial charge in [-0.15, -0.1) is 0 Å². The smallest absolute Gasteiger partial charge is 0.226 e. The van der Waals surface area contributed by atoms with Gasteiger partial charge in [-0.1, -0.05) is 5.16 Å². The number of hydrogen-bond donors (Lipinski definition) is 1. The Labute approximate surface area is 146 Å². The van der Waals surface area contributed by atoms with Crippen LogP contribution in [-0.2, 0) is 11.2 Å². The minimum absolute atomic E-state index is 0.158. The van der Waals surface area contributed by atoms with Crippen LogP contribution >= 0.6 is 0 Å². The minimum Gasteiger partial charge on any atom is -0.343 e. The van der Waals surface area contributed by atoms with Gasteiger partial charge < -0.3 is 14.7 Å². The molecule has 1 aromatic heterocycles. The lowest BCUT2D eigenvalue weighted by Gasteiger charge is -2.31. The second-order valence-corrected chi connectivity index (χ2v) is 6.36. The predicted molar refractivity (Wildman–Crippen MR) is 91.3 cm³/mol. The van der Waals surface area contributed by atoms with Gasteiger partial charge in [-0.3, -0.25) is 4.79 Å². The first-order chi connectivity index (χ1) is 12.1. The Morgan fingerprint density at radius 3 is 2.76 bits per heavy atom. The summed E-state index contributed by atoms with van der Waals surface area (Å²) >= 11 is 0. The standard InChI is InChI=1S/C18H23FN4O2/c1-23(15-9-11-20-12-10-15)17(24)4-2-3-16-21-18(22-25-16)13-5-7-14(19)8-6-13/h5-8,15,20H,2-4,9-12H2,1H3. The van der Waals surface area contributed by atoms with Gasteiger partial charge in [-0.25, -0.2) is 4.39 Å². The fourth-order valence-electron chi connectivity index (χ4n) is 3.04. The predicted octanol–water partition coefficient (Wildman–Crippen LogP) is 2.41. The Morgan fingerprint density at radius 1 is 1.32 bits per heavy atom. The van der Waals surface area contributed by atoms with Crippen molar-refractivity contribution in [2.24, 2.45) is 0 Å². The molecule has 1 N–H and O–H groups in total. The van der Waals surface area contributed by atoms with E-state index in [0.717, 1.165) is 25.9 Å². The lowest BCUT2D eigenvalue weighted by atomic mass is 10.0. The van der Waals surface area contributed by atoms with Gasteiger partial charge in [0.05, 0.1) is 0 Å². The maximum absolute atomic E-state index is 12.9. The van der Waals surface area contributed by atoms with Gasteiger partial charge in [0.25, 0.3) is 0 Å². The summed E-state index contributed by atoms with van der Waals surface area (Å²) in [5.41, 5.74) is 0.707. The number of aryl methyl sites for hydroxylation is 1. The molecule has 1 aliphatic heterocycles. The average Bonchev–Trinajstić information content (AvgIpc) is 3.11. The van der Waals surface area contributed by atoms with Gasteiger partial charge >= 0.3 is 0 Å². The van der Waals surface area contributed by atoms with Crippen LogP contribution in [0.15, 0.2) is 28.8 Å². The van der Waals surface area contributed by atoms with Crippen LogP contribution in [0.4, 0.5) is 4.39 Å². The van der Waals surface area contributed by atoms with E-state index in [1.54, 1.807) is 12.1 Å². The molecule has 0 bridgehead atoms. The Morgan fingerprint density at radius 2 is 2.04 bits per heavy atom. The molecule has 0 atom stereocenters. The van der Waals surface area contributed by atoms with Crippen molar-refractivity contribution in [2.75, 3.05) is 20.1 Å². The summed E-state index contributed by atoms with van der Waals surface area (Å²) in [7, 11) is 1.89. The first-order valence-corrected chi connectivity index (χ1v) is 8.68. The summed E-state index contributed by atoms with van der Waals surface area (Å²) in [4.78, 5) is 18.5. The molecule has 1 aromatic carbocycles. The van der Waals surface area contributed by atoms with E-state index in [1.165, 1.54) is 12.1 Å². The van der Waals surface area contributed by atoms with Crippen LogP contribution in [0.1, 0.15) is 31.6 Å². The number of hydrogen-bond acceptors (Lipinski definition) is 5. The molecule has 0 unspecified atom stereocenters. The summed E-state index contributed by atoms with van der Waals surface area (Å²) in [6.07, 6.45) is 3.70. The number of carbonyl (C=O) groups is 1. The Hall–Kier alpha value is -2.28. The molecule has 25 heavy (non-hydrogen) atoms. The highest BCUT2D eigenvalue weighted by atomic mass is 19.1. The number of halogens is 1. The molecular formula is C18H23FN4O2. The van der Waals surface area contributed by atoms with Crippen molar-refractivity contribution in [1.29, 1.82) is 0 Å². The van der Waals surface area contributed by atoms with E-state index in [9.17, 15) is 9.18 Å². The quantitative estimate of drug-likeness (QED) is 0.870. The monoisotopic (exact) mass is 346 g/mol. The molecule has 134 valence electrons. The minimum atomic E-state index is -0.302. The number of amides is 1. The van der Waals surface area contributed by atoms with E-state index in [2.05, 4.69) is 15.5 Å². The Bertz CT molecular complexity index is 695. The maximum Gasteiger partial charge on any atom is 0.226 e. The largest absolute Gasteiger partial charge is 0.343 e. The Kier molecular flexibility index (Phi) is 5.75. The lowest BCUT2D eigenvalue weighted by molar-refractivity contribution is -0.132. The molecule has 3 rings (SSSR count). The molecule has 0 radical (unpaired) electrons. The number of aromatic nitrogens is 2. The summed E-state index contributed by atoms with van der Waals surface area (Å²) in [5.74, 6) is 0.791. The zero-order chi connectivity index (χ0) is 17.6. The van der Waals surface area contributed by atoms with Crippen LogP contribution in [-0.4, -0.2) is 47.1 Å². The molecule has 0 aliphatic carbocycles. The molecule has 1 fully saturated rings. The molecule has 0 saturated carbocycles. The van der Waals surface area contributed by atoms with Crippen LogP contribution in [0.25, 0.3) is 11.4 Å². The summed E-state index contributed by atoms with van der Waals surface area (Å²) < 4.78 is 18.2. The van der Waals surface area contributed by atoms with Crippen molar-refractivity contribution < 1.29 is 13.7 Å². The first kappa shape index (κ1) is 17.5. The zero-order valence-corrected chi connectivity index (χ0v) is 14.4. The number of piperidine rings is 1. The fraction of sp³-hybridized carbons (Fsp3) is 0.500. The third kappa shape index (κ3) is 4.63. The molecule has 0 spiro atoms. The molecule has 7 heteroatoms. The SMILES string of the molecule is CN(C(=O)CCCc1nc(-c2ccc(F)cc2)no1)C1CCNCC1. The highest BCUT2D eigenvalue weighted by Gasteiger charge is 2.21. The third-order valence-corrected chi connectivity index (χ3v) is 4.60. The fourth-order valence-corrected chi connectivity index (χ4v) is 3.04. The first-order valence-electron chi connectivity index (χ1n) is 8.68. The second-order valence-electron chi connectivity index (χ2n) is 6.36. The zero-order valence-electron chi connectivity index (χ0n) is 14.4. The van der Waals surface area contributed by atoms with E-state index in [1.807, 2.05) is 11.9 Å². The maximum atomic E-state index is 12.9. The van der Waals surface area contributed by atoms with E-state index >= 15 is 0 Å². The van der Waals surface area contributed by atoms with Crippen LogP contribution in [0.2, 0.25) is 0 Å². The van der Waals surface area contributed by atoms with Gasteiger partial charge in [-0.05, 0) is 56.6 Å². The Balaban J connectivity index is 1.47. The number of nitrogens with zero attached hydrogens (tertiary/aromatic N) is 3. The van der Waals surface area contributed by atoms with Gasteiger partial charge in [-0.2, -0.15) is 4.98 Å². The van der Waals surface area contributed by atoms with E-state index < -0.39 is 0 Å². The van der Waals surface area contributed by atoms with Gasteiger partial charge in [0, 0.05) is 31.5 Å². The van der Waals surface area contributed by atoms with Crippen molar-refractivity contribution >= 4 is 5.91 Å². The number of benzene rings is 1. The van der Waals surface area contributed by atoms with E-state index in [-0.39, 0.29) is 11.7 Å². The van der Waals surface area contributed by atoms with Crippen molar-refractivity contribution in [2.45, 2.75) is 38.1 Å². The highest BCUT2D eigenvalue weighted by molar-refractivity contribution is 5.76. The lowest BCUT2D eigenvalue weighted by Crippen LogP contribution is -2.43. The van der Waals surface area contributed by atoms with Gasteiger partial charge in [0.15, 0.2) is 0 Å². The van der Waals surface area contributed by atoms with Crippen LogP contribution in [0.5, 0.6) is 0 Å². The van der Waals surface area contributed by atoms with Crippen molar-refractivity contribution in [1.82, 2.24) is 20.4 Å². The normalized spacial score (nSPS) is 15.3. The number of carbonyl (C=O) groups excluding carboxylic acids is 1. The van der Waals surface area contributed by atoms with Gasteiger partial charge in [0.2, 0.25) is 17.6 Å². The summed E-state index contributed by atoms with van der Waals surface area (Å²) in [6.45, 7) is 1.94. The highest BCUT2D eigenvalue weighted by Crippen LogP contribution is 2.17. The molecule has 6 nitrogen and oxygen atoms in total. The van der Waals surface area contributed by atoms with Crippen molar-refractivity contribution in [3.63, 3.8) is 0 Å². The van der Waals surface area contributed by atoms with Crippen LogP contribution in [0, 0.1) is 5.82 Å². The van der Waals surface area contributed by atoms with Crippen molar-refractivity contribution in [3.05, 3.63) is 36.0 Å². The number of nitrogens with one attached hydrogen (secondary N) is 1. The van der Waals surface area contributed by atoms with Gasteiger partial charge in [0.1, 0.15) is 5.82 Å². The van der Waals surface area contributed by atoms with E-state index in [0.29, 0.717) is 42.6 Å². The van der Waals surface area contributed by atoms with Crippen molar-refractivity contribution in [3.8, 4) is 11.4 Å². The van der Waals surface area contributed by atoms with E-state index in [4.69, 9.17) is 4.52 Å². The second kappa shape index (κ2) is 8.20. The van der Waals surface area contributed by atoms with Crippen LogP contribution in [0.3, 0.4) is 0 Å². The molecule has 1 aliphatic rings.